The molecule has 0 aromatic carbocycles. The van der Waals surface area contributed by atoms with Crippen LogP contribution in [0.25, 0.3) is 5.78 Å². The van der Waals surface area contributed by atoms with Gasteiger partial charge in [-0.15, -0.1) is 0 Å². The van der Waals surface area contributed by atoms with Crippen molar-refractivity contribution in [3.63, 3.8) is 0 Å². The first-order valence-corrected chi connectivity index (χ1v) is 7.05. The first kappa shape index (κ1) is 12.9. The van der Waals surface area contributed by atoms with Crippen LogP contribution >= 0.6 is 0 Å². The first-order valence-electron chi connectivity index (χ1n) is 7.05. The van der Waals surface area contributed by atoms with E-state index in [0.29, 0.717) is 17.9 Å². The van der Waals surface area contributed by atoms with Gasteiger partial charge in [-0.3, -0.25) is 4.40 Å². The molecule has 0 aliphatic carbocycles. The fourth-order valence-electron chi connectivity index (χ4n) is 2.54. The van der Waals surface area contributed by atoms with E-state index in [1.165, 1.54) is 25.5 Å². The van der Waals surface area contributed by atoms with Crippen LogP contribution in [-0.4, -0.2) is 40.0 Å². The van der Waals surface area contributed by atoms with Gasteiger partial charge in [0.2, 0.25) is 5.78 Å². The Balaban J connectivity index is 1.96. The SMILES string of the molecule is CCOC(=O)c1cnc2ncc(N3CCCCC3)n2c1. The van der Waals surface area contributed by atoms with Crippen molar-refractivity contribution < 1.29 is 9.53 Å². The van der Waals surface area contributed by atoms with Gasteiger partial charge in [0.25, 0.3) is 0 Å². The van der Waals surface area contributed by atoms with Crippen LogP contribution in [0, 0.1) is 0 Å². The maximum atomic E-state index is 11.8. The highest BCUT2D eigenvalue weighted by Gasteiger charge is 2.17. The number of aromatic nitrogens is 3. The van der Waals surface area contributed by atoms with Crippen molar-refractivity contribution in [3.8, 4) is 0 Å². The van der Waals surface area contributed by atoms with E-state index in [1.54, 1.807) is 13.1 Å². The third kappa shape index (κ3) is 2.33. The van der Waals surface area contributed by atoms with Crippen LogP contribution in [-0.2, 0) is 4.74 Å². The lowest BCUT2D eigenvalue weighted by Gasteiger charge is -2.27. The van der Waals surface area contributed by atoms with Crippen LogP contribution in [0.2, 0.25) is 0 Å². The Kier molecular flexibility index (Phi) is 3.54. The second-order valence-electron chi connectivity index (χ2n) is 4.90. The molecule has 1 aliphatic rings. The highest BCUT2D eigenvalue weighted by molar-refractivity contribution is 5.89. The molecule has 0 spiro atoms. The summed E-state index contributed by atoms with van der Waals surface area (Å²) < 4.78 is 6.89. The van der Waals surface area contributed by atoms with Crippen molar-refractivity contribution in [3.05, 3.63) is 24.2 Å². The predicted octanol–water partition coefficient (Wildman–Crippen LogP) is 1.90. The average molecular weight is 274 g/mol. The van der Waals surface area contributed by atoms with Crippen LogP contribution < -0.4 is 4.90 Å². The molecule has 0 saturated carbocycles. The van der Waals surface area contributed by atoms with Gasteiger partial charge in [-0.05, 0) is 26.2 Å². The fourth-order valence-corrected chi connectivity index (χ4v) is 2.54. The van der Waals surface area contributed by atoms with Crippen LogP contribution in [0.4, 0.5) is 5.82 Å². The Hall–Kier alpha value is -2.11. The summed E-state index contributed by atoms with van der Waals surface area (Å²) in [6.45, 7) is 4.20. The number of piperidine rings is 1. The third-order valence-corrected chi connectivity index (χ3v) is 3.54. The van der Waals surface area contributed by atoms with Crippen molar-refractivity contribution in [2.45, 2.75) is 26.2 Å². The minimum Gasteiger partial charge on any atom is -0.462 e. The normalized spacial score (nSPS) is 15.6. The molecular formula is C14H18N4O2. The zero-order valence-electron chi connectivity index (χ0n) is 11.6. The Morgan fingerprint density at radius 1 is 1.25 bits per heavy atom. The minimum absolute atomic E-state index is 0.347. The Labute approximate surface area is 117 Å². The summed E-state index contributed by atoms with van der Waals surface area (Å²) >= 11 is 0. The summed E-state index contributed by atoms with van der Waals surface area (Å²) in [7, 11) is 0. The number of hydrogen-bond acceptors (Lipinski definition) is 5. The van der Waals surface area contributed by atoms with E-state index in [1.807, 2.05) is 10.6 Å². The fraction of sp³-hybridized carbons (Fsp3) is 0.500. The lowest BCUT2D eigenvalue weighted by molar-refractivity contribution is 0.0525. The van der Waals surface area contributed by atoms with Crippen molar-refractivity contribution in [2.24, 2.45) is 0 Å². The van der Waals surface area contributed by atoms with E-state index in [-0.39, 0.29) is 5.97 Å². The van der Waals surface area contributed by atoms with Gasteiger partial charge >= 0.3 is 5.97 Å². The molecule has 20 heavy (non-hydrogen) atoms. The molecule has 0 atom stereocenters. The second-order valence-corrected chi connectivity index (χ2v) is 4.90. The molecule has 1 saturated heterocycles. The van der Waals surface area contributed by atoms with E-state index < -0.39 is 0 Å². The van der Waals surface area contributed by atoms with Crippen LogP contribution in [0.5, 0.6) is 0 Å². The molecule has 0 amide bonds. The largest absolute Gasteiger partial charge is 0.462 e. The number of carbonyl (C=O) groups excluding carboxylic acids is 1. The van der Waals surface area contributed by atoms with Gasteiger partial charge in [0, 0.05) is 25.5 Å². The lowest BCUT2D eigenvalue weighted by atomic mass is 10.1. The van der Waals surface area contributed by atoms with Gasteiger partial charge in [0.15, 0.2) is 0 Å². The number of hydrogen-bond donors (Lipinski definition) is 0. The van der Waals surface area contributed by atoms with Crippen molar-refractivity contribution in [1.29, 1.82) is 0 Å². The second kappa shape index (κ2) is 5.48. The number of ether oxygens (including phenoxy) is 1. The van der Waals surface area contributed by atoms with E-state index in [4.69, 9.17) is 4.74 Å². The van der Waals surface area contributed by atoms with Gasteiger partial charge < -0.3 is 9.64 Å². The third-order valence-electron chi connectivity index (χ3n) is 3.54. The van der Waals surface area contributed by atoms with E-state index >= 15 is 0 Å². The number of esters is 1. The van der Waals surface area contributed by atoms with Gasteiger partial charge in [-0.1, -0.05) is 0 Å². The molecule has 0 unspecified atom stereocenters. The molecule has 6 heteroatoms. The number of anilines is 1. The summed E-state index contributed by atoms with van der Waals surface area (Å²) in [6.07, 6.45) is 8.76. The van der Waals surface area contributed by atoms with E-state index in [0.717, 1.165) is 18.9 Å². The molecule has 1 fully saturated rings. The van der Waals surface area contributed by atoms with Crippen LogP contribution in [0.1, 0.15) is 36.5 Å². The molecule has 106 valence electrons. The minimum atomic E-state index is -0.347. The number of imidazole rings is 1. The average Bonchev–Trinajstić information content (AvgIpc) is 2.91. The van der Waals surface area contributed by atoms with E-state index in [2.05, 4.69) is 14.9 Å². The molecular weight excluding hydrogens is 256 g/mol. The number of fused-ring (bicyclic) bond motifs is 1. The molecule has 1 aliphatic heterocycles. The number of nitrogens with zero attached hydrogens (tertiary/aromatic N) is 4. The lowest BCUT2D eigenvalue weighted by Crippen LogP contribution is -2.30. The van der Waals surface area contributed by atoms with Crippen molar-refractivity contribution in [2.75, 3.05) is 24.6 Å². The Morgan fingerprint density at radius 2 is 2.00 bits per heavy atom. The molecule has 3 heterocycles. The Morgan fingerprint density at radius 3 is 2.75 bits per heavy atom. The van der Waals surface area contributed by atoms with Crippen molar-refractivity contribution in [1.82, 2.24) is 14.4 Å². The zero-order valence-corrected chi connectivity index (χ0v) is 11.6. The van der Waals surface area contributed by atoms with Gasteiger partial charge in [-0.25, -0.2) is 14.8 Å². The molecule has 3 rings (SSSR count). The smallest absolute Gasteiger partial charge is 0.341 e. The summed E-state index contributed by atoms with van der Waals surface area (Å²) in [5.41, 5.74) is 0.454. The first-order chi connectivity index (χ1) is 9.79. The highest BCUT2D eigenvalue weighted by atomic mass is 16.5. The van der Waals surface area contributed by atoms with E-state index in [9.17, 15) is 4.79 Å². The molecule has 0 bridgehead atoms. The molecule has 0 N–H and O–H groups in total. The van der Waals surface area contributed by atoms with Gasteiger partial charge in [0.1, 0.15) is 5.82 Å². The van der Waals surface area contributed by atoms with Gasteiger partial charge in [-0.2, -0.15) is 0 Å². The molecule has 2 aromatic rings. The molecule has 0 radical (unpaired) electrons. The maximum absolute atomic E-state index is 11.8. The van der Waals surface area contributed by atoms with Crippen LogP contribution in [0.3, 0.4) is 0 Å². The topological polar surface area (TPSA) is 59.7 Å². The summed E-state index contributed by atoms with van der Waals surface area (Å²) in [4.78, 5) is 22.6. The summed E-state index contributed by atoms with van der Waals surface area (Å²) in [6, 6.07) is 0. The maximum Gasteiger partial charge on any atom is 0.341 e. The highest BCUT2D eigenvalue weighted by Crippen LogP contribution is 2.21. The zero-order chi connectivity index (χ0) is 13.9. The monoisotopic (exact) mass is 274 g/mol. The molecule has 6 nitrogen and oxygen atoms in total. The number of rotatable bonds is 3. The molecule has 2 aromatic heterocycles. The standard InChI is InChI=1S/C14H18N4O2/c1-2-20-13(19)11-8-15-14-16-9-12(18(14)10-11)17-6-4-3-5-7-17/h8-10H,2-7H2,1H3. The summed E-state index contributed by atoms with van der Waals surface area (Å²) in [5, 5.41) is 0. The van der Waals surface area contributed by atoms with Crippen molar-refractivity contribution >= 4 is 17.6 Å². The summed E-state index contributed by atoms with van der Waals surface area (Å²) in [5.74, 6) is 1.26. The number of carbonyl (C=O) groups is 1. The van der Waals surface area contributed by atoms with Crippen LogP contribution in [0.15, 0.2) is 18.6 Å². The Bertz CT molecular complexity index is 617. The predicted molar refractivity (Wildman–Crippen MR) is 75.0 cm³/mol. The quantitative estimate of drug-likeness (QED) is 0.800. The van der Waals surface area contributed by atoms with Gasteiger partial charge in [0.05, 0.1) is 18.4 Å².